The van der Waals surface area contributed by atoms with Crippen LogP contribution in [0.15, 0.2) is 53.6 Å². The standard InChI is InChI=1S/C19H19N3O5/c1-2-27-16-9-8-14(19(25)26)10-15(16)12-21-22-18(24)17(23)20-11-13-6-4-3-5-7-13/h3-10,12H,2,11H2,1H3,(H,20,23)(H,22,24)(H,25,26)/p-1/b21-12-. The fourth-order valence-corrected chi connectivity index (χ4v) is 2.13. The van der Waals surface area contributed by atoms with Crippen molar-refractivity contribution >= 4 is 24.0 Å². The maximum Gasteiger partial charge on any atom is 0.329 e. The zero-order valence-electron chi connectivity index (χ0n) is 14.6. The van der Waals surface area contributed by atoms with Crippen LogP contribution in [0.25, 0.3) is 0 Å². The van der Waals surface area contributed by atoms with Gasteiger partial charge in [0.05, 0.1) is 18.8 Å². The zero-order chi connectivity index (χ0) is 19.6. The molecule has 2 amide bonds. The third kappa shape index (κ3) is 5.96. The predicted molar refractivity (Wildman–Crippen MR) is 96.0 cm³/mol. The van der Waals surface area contributed by atoms with Gasteiger partial charge < -0.3 is 20.0 Å². The van der Waals surface area contributed by atoms with Crippen molar-refractivity contribution in [3.63, 3.8) is 0 Å². The van der Waals surface area contributed by atoms with Gasteiger partial charge in [-0.1, -0.05) is 30.3 Å². The summed E-state index contributed by atoms with van der Waals surface area (Å²) in [6, 6.07) is 13.2. The summed E-state index contributed by atoms with van der Waals surface area (Å²) in [5, 5.41) is 17.1. The molecule has 0 heterocycles. The van der Waals surface area contributed by atoms with Crippen LogP contribution in [0.2, 0.25) is 0 Å². The number of hydrazone groups is 1. The summed E-state index contributed by atoms with van der Waals surface area (Å²) in [5.74, 6) is -2.76. The lowest BCUT2D eigenvalue weighted by atomic mass is 10.1. The van der Waals surface area contributed by atoms with E-state index in [0.717, 1.165) is 5.56 Å². The van der Waals surface area contributed by atoms with Crippen molar-refractivity contribution < 1.29 is 24.2 Å². The lowest BCUT2D eigenvalue weighted by Gasteiger charge is -2.09. The van der Waals surface area contributed by atoms with Crippen molar-refractivity contribution in [3.8, 4) is 5.75 Å². The van der Waals surface area contributed by atoms with Crippen LogP contribution in [0, 0.1) is 0 Å². The van der Waals surface area contributed by atoms with Gasteiger partial charge >= 0.3 is 11.8 Å². The number of rotatable bonds is 7. The van der Waals surface area contributed by atoms with Gasteiger partial charge in [-0.15, -0.1) is 0 Å². The van der Waals surface area contributed by atoms with Crippen LogP contribution in [0.4, 0.5) is 0 Å². The van der Waals surface area contributed by atoms with E-state index in [9.17, 15) is 19.5 Å². The van der Waals surface area contributed by atoms with Crippen molar-refractivity contribution in [3.05, 3.63) is 65.2 Å². The van der Waals surface area contributed by atoms with Gasteiger partial charge in [-0.25, -0.2) is 5.43 Å². The first-order valence-electron chi connectivity index (χ1n) is 8.14. The number of carbonyl (C=O) groups excluding carboxylic acids is 3. The molecule has 0 saturated carbocycles. The predicted octanol–water partition coefficient (Wildman–Crippen LogP) is 0.215. The summed E-state index contributed by atoms with van der Waals surface area (Å²) >= 11 is 0. The number of nitrogens with zero attached hydrogens (tertiary/aromatic N) is 1. The molecular formula is C19H18N3O5-. The molecule has 0 atom stereocenters. The number of benzene rings is 2. The number of carboxylic acid groups (broad SMARTS) is 1. The number of hydrogen-bond donors (Lipinski definition) is 2. The minimum absolute atomic E-state index is 0.0631. The Labute approximate surface area is 155 Å². The molecule has 0 aliphatic rings. The van der Waals surface area contributed by atoms with E-state index in [0.29, 0.717) is 17.9 Å². The Balaban J connectivity index is 1.97. The lowest BCUT2D eigenvalue weighted by molar-refractivity contribution is -0.255. The zero-order valence-corrected chi connectivity index (χ0v) is 14.6. The van der Waals surface area contributed by atoms with Crippen LogP contribution in [-0.2, 0) is 16.1 Å². The van der Waals surface area contributed by atoms with Gasteiger partial charge in [-0.3, -0.25) is 9.59 Å². The highest BCUT2D eigenvalue weighted by molar-refractivity contribution is 6.35. The van der Waals surface area contributed by atoms with Gasteiger partial charge in [0.2, 0.25) is 0 Å². The summed E-state index contributed by atoms with van der Waals surface area (Å²) in [4.78, 5) is 34.5. The number of nitrogens with one attached hydrogen (secondary N) is 2. The molecule has 0 radical (unpaired) electrons. The molecule has 2 N–H and O–H groups in total. The van der Waals surface area contributed by atoms with Crippen LogP contribution in [0.3, 0.4) is 0 Å². The second-order valence-electron chi connectivity index (χ2n) is 5.34. The van der Waals surface area contributed by atoms with Gasteiger partial charge in [0.15, 0.2) is 0 Å². The number of carboxylic acids is 1. The average Bonchev–Trinajstić information content (AvgIpc) is 2.68. The van der Waals surface area contributed by atoms with Crippen LogP contribution in [-0.4, -0.2) is 30.6 Å². The number of hydrogen-bond acceptors (Lipinski definition) is 6. The highest BCUT2D eigenvalue weighted by Crippen LogP contribution is 2.18. The van der Waals surface area contributed by atoms with Crippen LogP contribution >= 0.6 is 0 Å². The maximum absolute atomic E-state index is 11.8. The Morgan fingerprint density at radius 2 is 1.85 bits per heavy atom. The van der Waals surface area contributed by atoms with E-state index in [2.05, 4.69) is 15.8 Å². The molecule has 0 unspecified atom stereocenters. The van der Waals surface area contributed by atoms with E-state index in [1.807, 2.05) is 30.3 Å². The molecule has 0 fully saturated rings. The largest absolute Gasteiger partial charge is 0.545 e. The molecule has 0 aliphatic heterocycles. The first kappa shape index (κ1) is 19.6. The van der Waals surface area contributed by atoms with E-state index >= 15 is 0 Å². The van der Waals surface area contributed by atoms with Crippen molar-refractivity contribution in [2.45, 2.75) is 13.5 Å². The first-order chi connectivity index (χ1) is 13.0. The normalized spacial score (nSPS) is 10.4. The maximum atomic E-state index is 11.8. The van der Waals surface area contributed by atoms with Gasteiger partial charge in [0, 0.05) is 12.1 Å². The summed E-state index contributed by atoms with van der Waals surface area (Å²) in [5.41, 5.74) is 3.19. The molecule has 0 bridgehead atoms. The molecule has 27 heavy (non-hydrogen) atoms. The number of carbonyl (C=O) groups is 3. The molecule has 0 aliphatic carbocycles. The fraction of sp³-hybridized carbons (Fsp3) is 0.158. The molecule has 140 valence electrons. The highest BCUT2D eigenvalue weighted by atomic mass is 16.5. The van der Waals surface area contributed by atoms with Crippen LogP contribution in [0.5, 0.6) is 5.75 Å². The molecule has 8 heteroatoms. The lowest BCUT2D eigenvalue weighted by Crippen LogP contribution is -2.37. The van der Waals surface area contributed by atoms with Gasteiger partial charge in [-0.2, -0.15) is 5.10 Å². The molecule has 0 saturated heterocycles. The van der Waals surface area contributed by atoms with E-state index in [-0.39, 0.29) is 12.1 Å². The molecule has 0 spiro atoms. The average molecular weight is 368 g/mol. The van der Waals surface area contributed by atoms with E-state index in [1.165, 1.54) is 24.4 Å². The van der Waals surface area contributed by atoms with Crippen molar-refractivity contribution in [1.82, 2.24) is 10.7 Å². The third-order valence-electron chi connectivity index (χ3n) is 3.42. The summed E-state index contributed by atoms with van der Waals surface area (Å²) in [6.07, 6.45) is 1.19. The van der Waals surface area contributed by atoms with Crippen LogP contribution in [0.1, 0.15) is 28.4 Å². The topological polar surface area (TPSA) is 120 Å². The minimum atomic E-state index is -1.35. The van der Waals surface area contributed by atoms with E-state index in [4.69, 9.17) is 4.74 Å². The number of amides is 2. The molecule has 2 aromatic rings. The minimum Gasteiger partial charge on any atom is -0.545 e. The van der Waals surface area contributed by atoms with E-state index < -0.39 is 17.8 Å². The molecule has 8 nitrogen and oxygen atoms in total. The van der Waals surface area contributed by atoms with Gasteiger partial charge in [-0.05, 0) is 36.2 Å². The van der Waals surface area contributed by atoms with E-state index in [1.54, 1.807) is 6.92 Å². The smallest absolute Gasteiger partial charge is 0.329 e. The van der Waals surface area contributed by atoms with Crippen molar-refractivity contribution in [2.75, 3.05) is 6.61 Å². The second-order valence-corrected chi connectivity index (χ2v) is 5.34. The van der Waals surface area contributed by atoms with Gasteiger partial charge in [0.1, 0.15) is 5.75 Å². The molecule has 2 rings (SSSR count). The summed E-state index contributed by atoms with van der Waals surface area (Å²) in [6.45, 7) is 2.34. The third-order valence-corrected chi connectivity index (χ3v) is 3.42. The Bertz CT molecular complexity index is 850. The Morgan fingerprint density at radius 1 is 1.11 bits per heavy atom. The Kier molecular flexibility index (Phi) is 7.07. The van der Waals surface area contributed by atoms with Crippen molar-refractivity contribution in [1.29, 1.82) is 0 Å². The first-order valence-corrected chi connectivity index (χ1v) is 8.14. The Morgan fingerprint density at radius 3 is 2.52 bits per heavy atom. The van der Waals surface area contributed by atoms with Crippen molar-refractivity contribution in [2.24, 2.45) is 5.10 Å². The van der Waals surface area contributed by atoms with Crippen LogP contribution < -0.4 is 20.6 Å². The number of aromatic carboxylic acids is 1. The van der Waals surface area contributed by atoms with Gasteiger partial charge in [0.25, 0.3) is 0 Å². The Hall–Kier alpha value is -3.68. The quantitative estimate of drug-likeness (QED) is 0.411. The number of ether oxygens (including phenoxy) is 1. The fourth-order valence-electron chi connectivity index (χ4n) is 2.13. The second kappa shape index (κ2) is 9.71. The molecule has 0 aromatic heterocycles. The SMILES string of the molecule is CCOc1ccc(C(=O)[O-])cc1/C=N\NC(=O)C(=O)NCc1ccccc1. The molecule has 2 aromatic carbocycles. The molecular weight excluding hydrogens is 350 g/mol. The summed E-state index contributed by atoms with van der Waals surface area (Å²) in [7, 11) is 0. The monoisotopic (exact) mass is 368 g/mol. The highest BCUT2D eigenvalue weighted by Gasteiger charge is 2.12. The summed E-state index contributed by atoms with van der Waals surface area (Å²) < 4.78 is 5.37.